The van der Waals surface area contributed by atoms with E-state index in [0.717, 1.165) is 0 Å². The molecule has 0 spiro atoms. The van der Waals surface area contributed by atoms with Gasteiger partial charge in [-0.3, -0.25) is 0 Å². The van der Waals surface area contributed by atoms with E-state index in [1.165, 1.54) is 14.2 Å². The minimum Gasteiger partial charge on any atom is -0.465 e. The van der Waals surface area contributed by atoms with Crippen LogP contribution in [0.3, 0.4) is 0 Å². The summed E-state index contributed by atoms with van der Waals surface area (Å²) in [5, 5.41) is 4.90. The zero-order chi connectivity index (χ0) is 9.90. The summed E-state index contributed by atoms with van der Waals surface area (Å²) in [7, 11) is 2.60. The lowest BCUT2D eigenvalue weighted by molar-refractivity contribution is -0.170. The number of amides is 2. The molecule has 0 radical (unpaired) electrons. The fraction of sp³-hybridized carbons (Fsp3) is 0.714. The maximum absolute atomic E-state index is 11.3. The molecule has 2 N–H and O–H groups in total. The van der Waals surface area contributed by atoms with Gasteiger partial charge in [-0.25, -0.2) is 9.59 Å². The smallest absolute Gasteiger partial charge is 0.359 e. The van der Waals surface area contributed by atoms with Crippen LogP contribution in [0.15, 0.2) is 0 Å². The van der Waals surface area contributed by atoms with E-state index in [4.69, 9.17) is 4.74 Å². The number of carbonyl (C=O) groups excluding carboxylic acids is 2. The summed E-state index contributed by atoms with van der Waals surface area (Å²) >= 11 is 0. The third-order valence-corrected chi connectivity index (χ3v) is 1.94. The summed E-state index contributed by atoms with van der Waals surface area (Å²) in [5.41, 5.74) is -1.32. The van der Waals surface area contributed by atoms with Gasteiger partial charge in [0.25, 0.3) is 0 Å². The van der Waals surface area contributed by atoms with Gasteiger partial charge in [-0.2, -0.15) is 0 Å². The molecule has 0 bridgehead atoms. The molecule has 0 aromatic carbocycles. The minimum atomic E-state index is -1.32. The molecule has 1 aliphatic heterocycles. The molecular weight excluding hydrogens is 176 g/mol. The second-order valence-corrected chi connectivity index (χ2v) is 2.65. The molecule has 1 aliphatic rings. The van der Waals surface area contributed by atoms with Crippen LogP contribution in [0.5, 0.6) is 0 Å². The predicted octanol–water partition coefficient (Wildman–Crippen LogP) is -0.795. The number of ether oxygens (including phenoxy) is 2. The molecule has 6 heteroatoms. The highest BCUT2D eigenvalue weighted by Gasteiger charge is 2.43. The van der Waals surface area contributed by atoms with Crippen molar-refractivity contribution in [2.24, 2.45) is 0 Å². The first kappa shape index (κ1) is 9.79. The third kappa shape index (κ3) is 1.72. The molecule has 74 valence electrons. The monoisotopic (exact) mass is 188 g/mol. The zero-order valence-electron chi connectivity index (χ0n) is 7.55. The number of nitrogens with one attached hydrogen (secondary N) is 2. The summed E-state index contributed by atoms with van der Waals surface area (Å²) in [6, 6.07) is -0.432. The van der Waals surface area contributed by atoms with Crippen LogP contribution < -0.4 is 10.6 Å². The Morgan fingerprint density at radius 2 is 2.23 bits per heavy atom. The number of urea groups is 1. The predicted molar refractivity (Wildman–Crippen MR) is 42.9 cm³/mol. The fourth-order valence-electron chi connectivity index (χ4n) is 1.20. The van der Waals surface area contributed by atoms with Gasteiger partial charge in [0.05, 0.1) is 7.11 Å². The van der Waals surface area contributed by atoms with E-state index >= 15 is 0 Å². The van der Waals surface area contributed by atoms with E-state index in [-0.39, 0.29) is 0 Å². The highest BCUT2D eigenvalue weighted by atomic mass is 16.6. The molecular formula is C7H12N2O4. The first-order valence-corrected chi connectivity index (χ1v) is 3.84. The van der Waals surface area contributed by atoms with Crippen molar-refractivity contribution < 1.29 is 19.1 Å². The average molecular weight is 188 g/mol. The lowest BCUT2D eigenvalue weighted by Gasteiger charge is -2.33. The molecule has 2 amide bonds. The molecule has 1 atom stereocenters. The van der Waals surface area contributed by atoms with Crippen LogP contribution in [0.4, 0.5) is 4.79 Å². The summed E-state index contributed by atoms with van der Waals surface area (Å²) in [4.78, 5) is 22.2. The normalized spacial score (nSPS) is 27.4. The summed E-state index contributed by atoms with van der Waals surface area (Å²) < 4.78 is 9.48. The first-order chi connectivity index (χ1) is 6.14. The molecule has 1 saturated heterocycles. The average Bonchev–Trinajstić information content (AvgIpc) is 2.16. The Morgan fingerprint density at radius 3 is 2.69 bits per heavy atom. The van der Waals surface area contributed by atoms with Gasteiger partial charge < -0.3 is 20.1 Å². The quantitative estimate of drug-likeness (QED) is 0.556. The van der Waals surface area contributed by atoms with E-state index in [9.17, 15) is 9.59 Å². The van der Waals surface area contributed by atoms with Crippen molar-refractivity contribution in [2.75, 3.05) is 20.8 Å². The Morgan fingerprint density at radius 1 is 1.54 bits per heavy atom. The highest BCUT2D eigenvalue weighted by molar-refractivity contribution is 5.87. The van der Waals surface area contributed by atoms with E-state index in [2.05, 4.69) is 15.4 Å². The van der Waals surface area contributed by atoms with Crippen molar-refractivity contribution in [3.05, 3.63) is 0 Å². The number of carbonyl (C=O) groups is 2. The molecule has 1 unspecified atom stereocenters. The van der Waals surface area contributed by atoms with Crippen molar-refractivity contribution in [3.63, 3.8) is 0 Å². The molecule has 1 heterocycles. The van der Waals surface area contributed by atoms with Crippen molar-refractivity contribution >= 4 is 12.0 Å². The molecule has 0 aliphatic carbocycles. The van der Waals surface area contributed by atoms with Gasteiger partial charge in [0, 0.05) is 20.1 Å². The standard InChI is InChI=1S/C7H12N2O4/c1-12-5(10)7(13-2)3-4-8-6(11)9-7/h3-4H2,1-2H3,(H2,8,9,11). The van der Waals surface area contributed by atoms with Crippen molar-refractivity contribution in [1.82, 2.24) is 10.6 Å². The van der Waals surface area contributed by atoms with Gasteiger partial charge >= 0.3 is 12.0 Å². The molecule has 0 aromatic rings. The van der Waals surface area contributed by atoms with Crippen molar-refractivity contribution in [3.8, 4) is 0 Å². The number of hydrogen-bond acceptors (Lipinski definition) is 4. The van der Waals surface area contributed by atoms with E-state index < -0.39 is 17.7 Å². The summed E-state index contributed by atoms with van der Waals surface area (Å²) in [5.74, 6) is -0.593. The Bertz CT molecular complexity index is 231. The van der Waals surface area contributed by atoms with E-state index in [1.54, 1.807) is 0 Å². The van der Waals surface area contributed by atoms with E-state index in [0.29, 0.717) is 13.0 Å². The zero-order valence-corrected chi connectivity index (χ0v) is 7.55. The Hall–Kier alpha value is -1.30. The van der Waals surface area contributed by atoms with Gasteiger partial charge in [0.15, 0.2) is 0 Å². The van der Waals surface area contributed by atoms with Crippen LogP contribution in [-0.4, -0.2) is 38.5 Å². The minimum absolute atomic E-state index is 0.349. The van der Waals surface area contributed by atoms with Gasteiger partial charge in [0.1, 0.15) is 0 Å². The molecule has 1 rings (SSSR count). The Balaban J connectivity index is 2.78. The van der Waals surface area contributed by atoms with Crippen LogP contribution in [0.2, 0.25) is 0 Å². The van der Waals surface area contributed by atoms with Crippen molar-refractivity contribution in [1.29, 1.82) is 0 Å². The third-order valence-electron chi connectivity index (χ3n) is 1.94. The van der Waals surface area contributed by atoms with Gasteiger partial charge in [-0.05, 0) is 0 Å². The number of rotatable bonds is 2. The van der Waals surface area contributed by atoms with Crippen LogP contribution in [0, 0.1) is 0 Å². The maximum atomic E-state index is 11.3. The van der Waals surface area contributed by atoms with Gasteiger partial charge in [-0.15, -0.1) is 0 Å². The molecule has 6 nitrogen and oxygen atoms in total. The van der Waals surface area contributed by atoms with Crippen LogP contribution in [0.25, 0.3) is 0 Å². The SMILES string of the molecule is COC(=O)C1(OC)CCNC(=O)N1. The lowest BCUT2D eigenvalue weighted by Crippen LogP contribution is -2.63. The van der Waals surface area contributed by atoms with Gasteiger partial charge in [0.2, 0.25) is 5.72 Å². The molecule has 0 aromatic heterocycles. The van der Waals surface area contributed by atoms with Crippen LogP contribution in [-0.2, 0) is 14.3 Å². The van der Waals surface area contributed by atoms with Crippen molar-refractivity contribution in [2.45, 2.75) is 12.1 Å². The van der Waals surface area contributed by atoms with E-state index in [1.807, 2.05) is 0 Å². The largest absolute Gasteiger partial charge is 0.465 e. The highest BCUT2D eigenvalue weighted by Crippen LogP contribution is 2.15. The second kappa shape index (κ2) is 3.61. The number of esters is 1. The number of hydrogen-bond donors (Lipinski definition) is 2. The fourth-order valence-corrected chi connectivity index (χ4v) is 1.20. The summed E-state index contributed by atoms with van der Waals surface area (Å²) in [6.45, 7) is 0.384. The molecule has 13 heavy (non-hydrogen) atoms. The molecule has 0 saturated carbocycles. The Kier molecular flexibility index (Phi) is 2.72. The Labute approximate surface area is 75.6 Å². The number of methoxy groups -OCH3 is 2. The topological polar surface area (TPSA) is 76.7 Å². The van der Waals surface area contributed by atoms with Gasteiger partial charge in [-0.1, -0.05) is 0 Å². The second-order valence-electron chi connectivity index (χ2n) is 2.65. The summed E-state index contributed by atoms with van der Waals surface area (Å²) in [6.07, 6.45) is 0.349. The lowest BCUT2D eigenvalue weighted by atomic mass is 10.1. The maximum Gasteiger partial charge on any atom is 0.359 e. The first-order valence-electron chi connectivity index (χ1n) is 3.84. The van der Waals surface area contributed by atoms with Crippen LogP contribution in [0.1, 0.15) is 6.42 Å². The molecule has 1 fully saturated rings. The van der Waals surface area contributed by atoms with Crippen LogP contribution >= 0.6 is 0 Å².